The molecule has 0 fully saturated rings. The van der Waals surface area contributed by atoms with E-state index in [4.69, 9.17) is 0 Å². The van der Waals surface area contributed by atoms with Crippen molar-refractivity contribution in [2.75, 3.05) is 0 Å². The number of Topliss-reactive ketones (excluding diaryl/α,β-unsaturated/α-hetero) is 2. The molecule has 0 saturated heterocycles. The third-order valence-electron chi connectivity index (χ3n) is 2.76. The molecule has 16 heavy (non-hydrogen) atoms. The number of benzene rings is 1. The summed E-state index contributed by atoms with van der Waals surface area (Å²) in [6.07, 6.45) is 0.720. The van der Waals surface area contributed by atoms with Gasteiger partial charge in [-0.05, 0) is 44.4 Å². The number of carbonyl (C=O) groups excluding carboxylic acids is 2. The first-order valence-electron chi connectivity index (χ1n) is 5.27. The molecule has 0 spiro atoms. The number of phenolic OH excluding ortho intramolecular Hbond substituents is 1. The first-order chi connectivity index (χ1) is 7.40. The largest absolute Gasteiger partial charge is 0.507 e. The van der Waals surface area contributed by atoms with Crippen LogP contribution in [0.5, 0.6) is 5.75 Å². The molecule has 0 heterocycles. The van der Waals surface area contributed by atoms with Gasteiger partial charge in [-0.2, -0.15) is 0 Å². The van der Waals surface area contributed by atoms with E-state index in [-0.39, 0.29) is 22.9 Å². The first kappa shape index (κ1) is 12.4. The molecule has 3 heteroatoms. The maximum atomic E-state index is 11.5. The van der Waals surface area contributed by atoms with Crippen molar-refractivity contribution in [3.05, 3.63) is 28.3 Å². The monoisotopic (exact) mass is 220 g/mol. The fourth-order valence-corrected chi connectivity index (χ4v) is 1.99. The van der Waals surface area contributed by atoms with Crippen molar-refractivity contribution < 1.29 is 14.7 Å². The number of aromatic hydroxyl groups is 1. The van der Waals surface area contributed by atoms with Crippen LogP contribution in [0.1, 0.15) is 52.6 Å². The third-order valence-corrected chi connectivity index (χ3v) is 2.76. The summed E-state index contributed by atoms with van der Waals surface area (Å²) in [4.78, 5) is 23.0. The Hall–Kier alpha value is -1.64. The van der Waals surface area contributed by atoms with Crippen molar-refractivity contribution >= 4 is 11.6 Å². The molecule has 0 aliphatic heterocycles. The Bertz CT molecular complexity index is 459. The molecule has 0 amide bonds. The van der Waals surface area contributed by atoms with Crippen LogP contribution in [0.3, 0.4) is 0 Å². The van der Waals surface area contributed by atoms with Crippen LogP contribution >= 0.6 is 0 Å². The van der Waals surface area contributed by atoms with Gasteiger partial charge in [0.1, 0.15) is 5.75 Å². The van der Waals surface area contributed by atoms with Crippen LogP contribution in [0.25, 0.3) is 0 Å². The predicted octanol–water partition coefficient (Wildman–Crippen LogP) is 2.67. The van der Waals surface area contributed by atoms with Crippen LogP contribution in [-0.4, -0.2) is 16.7 Å². The first-order valence-corrected chi connectivity index (χ1v) is 5.27. The maximum Gasteiger partial charge on any atom is 0.164 e. The fraction of sp³-hybridized carbons (Fsp3) is 0.385. The van der Waals surface area contributed by atoms with Gasteiger partial charge in [0, 0.05) is 5.56 Å². The molecule has 0 aliphatic carbocycles. The number of carbonyl (C=O) groups is 2. The number of ketones is 2. The molecule has 0 atom stereocenters. The summed E-state index contributed by atoms with van der Waals surface area (Å²) in [5.74, 6) is -0.568. The molecule has 0 unspecified atom stereocenters. The summed E-state index contributed by atoms with van der Waals surface area (Å²) in [6.45, 7) is 6.51. The third kappa shape index (κ3) is 1.98. The van der Waals surface area contributed by atoms with E-state index in [0.29, 0.717) is 5.56 Å². The van der Waals surface area contributed by atoms with Crippen molar-refractivity contribution in [1.29, 1.82) is 0 Å². The highest BCUT2D eigenvalue weighted by Gasteiger charge is 2.20. The highest BCUT2D eigenvalue weighted by atomic mass is 16.3. The standard InChI is InChI=1S/C13H16O3/c1-5-10-6-11(16)13(9(4)15)12(7(10)2)8(3)14/h6,16H,5H2,1-4H3. The Morgan fingerprint density at radius 3 is 2.06 bits per heavy atom. The number of rotatable bonds is 3. The normalized spacial score (nSPS) is 10.2. The Morgan fingerprint density at radius 2 is 1.69 bits per heavy atom. The Kier molecular flexibility index (Phi) is 3.48. The van der Waals surface area contributed by atoms with Gasteiger partial charge in [0.05, 0.1) is 5.56 Å². The highest BCUT2D eigenvalue weighted by Crippen LogP contribution is 2.29. The second kappa shape index (κ2) is 4.47. The summed E-state index contributed by atoms with van der Waals surface area (Å²) in [6, 6.07) is 1.57. The smallest absolute Gasteiger partial charge is 0.164 e. The topological polar surface area (TPSA) is 54.4 Å². The molecule has 1 aromatic rings. The van der Waals surface area contributed by atoms with Crippen LogP contribution in [0, 0.1) is 6.92 Å². The van der Waals surface area contributed by atoms with Crippen LogP contribution in [0.4, 0.5) is 0 Å². The van der Waals surface area contributed by atoms with E-state index in [1.165, 1.54) is 13.8 Å². The Morgan fingerprint density at radius 1 is 1.19 bits per heavy atom. The van der Waals surface area contributed by atoms with Crippen LogP contribution < -0.4 is 0 Å². The van der Waals surface area contributed by atoms with Gasteiger partial charge in [-0.1, -0.05) is 6.92 Å². The average molecular weight is 220 g/mol. The molecule has 1 aromatic carbocycles. The molecule has 1 rings (SSSR count). The summed E-state index contributed by atoms with van der Waals surface area (Å²) in [7, 11) is 0. The van der Waals surface area contributed by atoms with E-state index in [2.05, 4.69) is 0 Å². The second-order valence-electron chi connectivity index (χ2n) is 3.90. The maximum absolute atomic E-state index is 11.5. The minimum atomic E-state index is -0.284. The average Bonchev–Trinajstić information content (AvgIpc) is 2.19. The molecule has 0 bridgehead atoms. The van der Waals surface area contributed by atoms with Crippen LogP contribution in [0.15, 0.2) is 6.07 Å². The van der Waals surface area contributed by atoms with Crippen molar-refractivity contribution in [3.63, 3.8) is 0 Å². The van der Waals surface area contributed by atoms with E-state index in [1.54, 1.807) is 13.0 Å². The van der Waals surface area contributed by atoms with Gasteiger partial charge < -0.3 is 5.11 Å². The van der Waals surface area contributed by atoms with E-state index in [0.717, 1.165) is 17.5 Å². The van der Waals surface area contributed by atoms with Crippen molar-refractivity contribution in [2.45, 2.75) is 34.1 Å². The van der Waals surface area contributed by atoms with Gasteiger partial charge in [-0.3, -0.25) is 9.59 Å². The summed E-state index contributed by atoms with van der Waals surface area (Å²) < 4.78 is 0. The van der Waals surface area contributed by atoms with Crippen LogP contribution in [-0.2, 0) is 6.42 Å². The van der Waals surface area contributed by atoms with E-state index < -0.39 is 0 Å². The van der Waals surface area contributed by atoms with E-state index in [1.807, 2.05) is 6.92 Å². The van der Waals surface area contributed by atoms with Gasteiger partial charge >= 0.3 is 0 Å². The van der Waals surface area contributed by atoms with Crippen molar-refractivity contribution in [1.82, 2.24) is 0 Å². The van der Waals surface area contributed by atoms with Crippen molar-refractivity contribution in [2.24, 2.45) is 0 Å². The Balaban J connectivity index is 3.68. The fourth-order valence-electron chi connectivity index (χ4n) is 1.99. The van der Waals surface area contributed by atoms with Gasteiger partial charge in [0.2, 0.25) is 0 Å². The lowest BCUT2D eigenvalue weighted by atomic mass is 9.91. The molecule has 3 nitrogen and oxygen atoms in total. The molecule has 0 radical (unpaired) electrons. The highest BCUT2D eigenvalue weighted by molar-refractivity contribution is 6.10. The minimum absolute atomic E-state index is 0.0971. The second-order valence-corrected chi connectivity index (χ2v) is 3.90. The van der Waals surface area contributed by atoms with Gasteiger partial charge in [-0.15, -0.1) is 0 Å². The number of aryl methyl sites for hydroxylation is 1. The summed E-state index contributed by atoms with van der Waals surface area (Å²) in [5, 5.41) is 9.77. The minimum Gasteiger partial charge on any atom is -0.507 e. The number of hydrogen-bond donors (Lipinski definition) is 1. The number of phenols is 1. The zero-order valence-corrected chi connectivity index (χ0v) is 10.0. The molecule has 0 saturated carbocycles. The summed E-state index contributed by atoms with van der Waals surface area (Å²) >= 11 is 0. The lowest BCUT2D eigenvalue weighted by Gasteiger charge is -2.13. The zero-order valence-electron chi connectivity index (χ0n) is 10.0. The molecule has 86 valence electrons. The van der Waals surface area contributed by atoms with Crippen molar-refractivity contribution in [3.8, 4) is 5.75 Å². The lowest BCUT2D eigenvalue weighted by Crippen LogP contribution is -2.09. The zero-order chi connectivity index (χ0) is 12.5. The molecule has 1 N–H and O–H groups in total. The summed E-state index contributed by atoms with van der Waals surface area (Å²) in [5.41, 5.74) is 2.18. The Labute approximate surface area is 95.1 Å². The quantitative estimate of drug-likeness (QED) is 0.797. The molecule has 0 aliphatic rings. The molecular formula is C13H16O3. The number of hydrogen-bond acceptors (Lipinski definition) is 3. The van der Waals surface area contributed by atoms with E-state index >= 15 is 0 Å². The van der Waals surface area contributed by atoms with E-state index in [9.17, 15) is 14.7 Å². The predicted molar refractivity (Wildman–Crippen MR) is 62.2 cm³/mol. The van der Waals surface area contributed by atoms with Gasteiger partial charge in [-0.25, -0.2) is 0 Å². The SMILES string of the molecule is CCc1cc(O)c(C(C)=O)c(C(C)=O)c1C. The lowest BCUT2D eigenvalue weighted by molar-refractivity contribution is 0.0977. The molecular weight excluding hydrogens is 204 g/mol. The van der Waals surface area contributed by atoms with Crippen LogP contribution in [0.2, 0.25) is 0 Å². The van der Waals surface area contributed by atoms with Gasteiger partial charge in [0.15, 0.2) is 11.6 Å². The van der Waals surface area contributed by atoms with Gasteiger partial charge in [0.25, 0.3) is 0 Å². The molecule has 0 aromatic heterocycles.